The first kappa shape index (κ1) is 9.84. The van der Waals surface area contributed by atoms with Gasteiger partial charge in [0.1, 0.15) is 0 Å². The van der Waals surface area contributed by atoms with Crippen LogP contribution in [0.3, 0.4) is 0 Å². The fraction of sp³-hybridized carbons (Fsp3) is 0.231. The van der Waals surface area contributed by atoms with Crippen LogP contribution >= 0.6 is 0 Å². The maximum Gasteiger partial charge on any atom is 0.161 e. The van der Waals surface area contributed by atoms with Crippen LogP contribution in [-0.2, 0) is 0 Å². The van der Waals surface area contributed by atoms with Gasteiger partial charge in [0.15, 0.2) is 11.5 Å². The van der Waals surface area contributed by atoms with Crippen molar-refractivity contribution in [1.82, 2.24) is 0 Å². The van der Waals surface area contributed by atoms with E-state index in [-0.39, 0.29) is 0 Å². The van der Waals surface area contributed by atoms with Crippen molar-refractivity contribution in [2.24, 2.45) is 0 Å². The zero-order valence-electron chi connectivity index (χ0n) is 8.99. The Kier molecular flexibility index (Phi) is 2.77. The second kappa shape index (κ2) is 4.22. The summed E-state index contributed by atoms with van der Waals surface area (Å²) in [7, 11) is 1.66. The molecule has 0 aliphatic rings. The summed E-state index contributed by atoms with van der Waals surface area (Å²) in [4.78, 5) is 0. The van der Waals surface area contributed by atoms with Gasteiger partial charge in [0.2, 0.25) is 0 Å². The van der Waals surface area contributed by atoms with Gasteiger partial charge < -0.3 is 9.47 Å². The predicted molar refractivity (Wildman–Crippen MR) is 61.7 cm³/mol. The van der Waals surface area contributed by atoms with Crippen LogP contribution in [0.2, 0.25) is 0 Å². The first-order valence-corrected chi connectivity index (χ1v) is 5.04. The zero-order valence-corrected chi connectivity index (χ0v) is 8.99. The summed E-state index contributed by atoms with van der Waals surface area (Å²) in [6.07, 6.45) is 0. The highest BCUT2D eigenvalue weighted by atomic mass is 16.5. The minimum Gasteiger partial charge on any atom is -0.493 e. The molecule has 0 radical (unpaired) electrons. The monoisotopic (exact) mass is 202 g/mol. The van der Waals surface area contributed by atoms with Gasteiger partial charge in [0, 0.05) is 0 Å². The van der Waals surface area contributed by atoms with E-state index in [9.17, 15) is 0 Å². The quantitative estimate of drug-likeness (QED) is 0.760. The normalized spacial score (nSPS) is 10.3. The molecular weight excluding hydrogens is 188 g/mol. The van der Waals surface area contributed by atoms with Crippen molar-refractivity contribution in [3.8, 4) is 11.5 Å². The molecule has 2 heteroatoms. The molecule has 0 amide bonds. The lowest BCUT2D eigenvalue weighted by Crippen LogP contribution is -1.95. The van der Waals surface area contributed by atoms with Crippen molar-refractivity contribution in [3.63, 3.8) is 0 Å². The topological polar surface area (TPSA) is 18.5 Å². The van der Waals surface area contributed by atoms with Crippen LogP contribution < -0.4 is 9.47 Å². The molecule has 0 N–H and O–H groups in total. The number of benzene rings is 2. The summed E-state index contributed by atoms with van der Waals surface area (Å²) in [6.45, 7) is 2.61. The number of hydrogen-bond acceptors (Lipinski definition) is 2. The van der Waals surface area contributed by atoms with Crippen LogP contribution in [0.4, 0.5) is 0 Å². The Morgan fingerprint density at radius 3 is 2.13 bits per heavy atom. The third kappa shape index (κ3) is 1.89. The van der Waals surface area contributed by atoms with Crippen molar-refractivity contribution < 1.29 is 9.47 Å². The van der Waals surface area contributed by atoms with E-state index in [2.05, 4.69) is 12.1 Å². The predicted octanol–water partition coefficient (Wildman–Crippen LogP) is 3.25. The fourth-order valence-corrected chi connectivity index (χ4v) is 1.63. The van der Waals surface area contributed by atoms with Crippen molar-refractivity contribution >= 4 is 10.8 Å². The molecule has 2 rings (SSSR count). The van der Waals surface area contributed by atoms with Crippen molar-refractivity contribution in [3.05, 3.63) is 36.4 Å². The Morgan fingerprint density at radius 1 is 1.00 bits per heavy atom. The standard InChI is InChI=1S/C13H14O2/c1-3-15-13-9-11-7-5-4-6-10(11)8-12(13)14-2/h4-9H,3H2,1-2H3. The first-order chi connectivity index (χ1) is 7.35. The van der Waals surface area contributed by atoms with E-state index in [0.29, 0.717) is 6.61 Å². The molecule has 0 saturated carbocycles. The van der Waals surface area contributed by atoms with Gasteiger partial charge in [-0.2, -0.15) is 0 Å². The highest BCUT2D eigenvalue weighted by molar-refractivity contribution is 5.86. The summed E-state index contributed by atoms with van der Waals surface area (Å²) in [5.74, 6) is 1.59. The Labute approximate surface area is 89.4 Å². The SMILES string of the molecule is CCOc1cc2ccccc2cc1OC. The van der Waals surface area contributed by atoms with E-state index in [0.717, 1.165) is 16.9 Å². The first-order valence-electron chi connectivity index (χ1n) is 5.04. The minimum absolute atomic E-state index is 0.648. The molecule has 0 aliphatic carbocycles. The highest BCUT2D eigenvalue weighted by Crippen LogP contribution is 2.32. The summed E-state index contributed by atoms with van der Waals surface area (Å²) in [5.41, 5.74) is 0. The van der Waals surface area contributed by atoms with E-state index in [4.69, 9.17) is 9.47 Å². The van der Waals surface area contributed by atoms with Gasteiger partial charge in [0.25, 0.3) is 0 Å². The molecule has 2 aromatic carbocycles. The average Bonchev–Trinajstić information content (AvgIpc) is 2.28. The number of methoxy groups -OCH3 is 1. The summed E-state index contributed by atoms with van der Waals surface area (Å²) in [6, 6.07) is 12.2. The number of hydrogen-bond donors (Lipinski definition) is 0. The van der Waals surface area contributed by atoms with Crippen LogP contribution in [0.25, 0.3) is 10.8 Å². The van der Waals surface area contributed by atoms with Crippen LogP contribution in [0.15, 0.2) is 36.4 Å². The lowest BCUT2D eigenvalue weighted by molar-refractivity contribution is 0.311. The van der Waals surface area contributed by atoms with Gasteiger partial charge in [0.05, 0.1) is 13.7 Å². The molecule has 0 heterocycles. The molecule has 0 bridgehead atoms. The fourth-order valence-electron chi connectivity index (χ4n) is 1.63. The smallest absolute Gasteiger partial charge is 0.161 e. The Hall–Kier alpha value is -1.70. The van der Waals surface area contributed by atoms with E-state index in [1.54, 1.807) is 7.11 Å². The van der Waals surface area contributed by atoms with Crippen LogP contribution in [0.5, 0.6) is 11.5 Å². The lowest BCUT2D eigenvalue weighted by atomic mass is 10.1. The Bertz CT molecular complexity index is 463. The summed E-state index contributed by atoms with van der Waals surface area (Å²) < 4.78 is 10.8. The molecule has 2 nitrogen and oxygen atoms in total. The number of fused-ring (bicyclic) bond motifs is 1. The molecular formula is C13H14O2. The van der Waals surface area contributed by atoms with E-state index < -0.39 is 0 Å². The zero-order chi connectivity index (χ0) is 10.7. The summed E-state index contributed by atoms with van der Waals surface area (Å²) >= 11 is 0. The minimum atomic E-state index is 0.648. The molecule has 0 atom stereocenters. The number of ether oxygens (including phenoxy) is 2. The van der Waals surface area contributed by atoms with Crippen molar-refractivity contribution in [1.29, 1.82) is 0 Å². The third-order valence-corrected chi connectivity index (χ3v) is 2.33. The van der Waals surface area contributed by atoms with E-state index in [1.807, 2.05) is 31.2 Å². The molecule has 15 heavy (non-hydrogen) atoms. The van der Waals surface area contributed by atoms with Crippen molar-refractivity contribution in [2.45, 2.75) is 6.92 Å². The average molecular weight is 202 g/mol. The molecule has 0 unspecified atom stereocenters. The van der Waals surface area contributed by atoms with Crippen molar-refractivity contribution in [2.75, 3.05) is 13.7 Å². The van der Waals surface area contributed by atoms with Gasteiger partial charge >= 0.3 is 0 Å². The van der Waals surface area contributed by atoms with Crippen LogP contribution in [0.1, 0.15) is 6.92 Å². The van der Waals surface area contributed by atoms with Gasteiger partial charge in [-0.1, -0.05) is 24.3 Å². The van der Waals surface area contributed by atoms with Gasteiger partial charge in [-0.25, -0.2) is 0 Å². The third-order valence-electron chi connectivity index (χ3n) is 2.33. The highest BCUT2D eigenvalue weighted by Gasteiger charge is 2.05. The van der Waals surface area contributed by atoms with Gasteiger partial charge in [-0.15, -0.1) is 0 Å². The lowest BCUT2D eigenvalue weighted by Gasteiger charge is -2.10. The second-order valence-corrected chi connectivity index (χ2v) is 3.28. The molecule has 0 fully saturated rings. The Morgan fingerprint density at radius 2 is 1.60 bits per heavy atom. The number of rotatable bonds is 3. The second-order valence-electron chi connectivity index (χ2n) is 3.28. The maximum absolute atomic E-state index is 5.51. The van der Waals surface area contributed by atoms with Crippen LogP contribution in [-0.4, -0.2) is 13.7 Å². The molecule has 78 valence electrons. The maximum atomic E-state index is 5.51. The summed E-state index contributed by atoms with van der Waals surface area (Å²) in [5, 5.41) is 2.33. The van der Waals surface area contributed by atoms with Gasteiger partial charge in [-0.05, 0) is 29.8 Å². The largest absolute Gasteiger partial charge is 0.493 e. The van der Waals surface area contributed by atoms with Crippen LogP contribution in [0, 0.1) is 0 Å². The van der Waals surface area contributed by atoms with Gasteiger partial charge in [-0.3, -0.25) is 0 Å². The van der Waals surface area contributed by atoms with E-state index in [1.165, 1.54) is 5.39 Å². The van der Waals surface area contributed by atoms with E-state index >= 15 is 0 Å². The molecule has 0 aliphatic heterocycles. The molecule has 0 saturated heterocycles. The molecule has 2 aromatic rings. The molecule has 0 spiro atoms. The Balaban J connectivity index is 2.58. The molecule has 0 aromatic heterocycles.